The Hall–Kier alpha value is -3.73. The zero-order valence-electron chi connectivity index (χ0n) is 17.9. The highest BCUT2D eigenvalue weighted by atomic mass is 16.1. The summed E-state index contributed by atoms with van der Waals surface area (Å²) >= 11 is 0. The molecular weight excluding hydrogens is 396 g/mol. The zero-order chi connectivity index (χ0) is 21.8. The molecule has 2 heterocycles. The van der Waals surface area contributed by atoms with Crippen LogP contribution in [0, 0.1) is 0 Å². The third-order valence-electron chi connectivity index (χ3n) is 6.07. The van der Waals surface area contributed by atoms with Gasteiger partial charge in [-0.1, -0.05) is 61.4 Å². The molecular formula is C27H26N4O. The number of nitrogens with one attached hydrogen (secondary N) is 1. The van der Waals surface area contributed by atoms with Gasteiger partial charge in [-0.25, -0.2) is 0 Å². The van der Waals surface area contributed by atoms with Gasteiger partial charge in [0, 0.05) is 11.8 Å². The smallest absolute Gasteiger partial charge is 0.251 e. The monoisotopic (exact) mass is 422 g/mol. The van der Waals surface area contributed by atoms with Crippen LogP contribution in [0.3, 0.4) is 0 Å². The van der Waals surface area contributed by atoms with Crippen molar-refractivity contribution >= 4 is 5.91 Å². The van der Waals surface area contributed by atoms with Crippen molar-refractivity contribution in [3.8, 4) is 22.5 Å². The molecule has 160 valence electrons. The fraction of sp³-hybridized carbons (Fsp3) is 0.222. The van der Waals surface area contributed by atoms with E-state index < -0.39 is 0 Å². The van der Waals surface area contributed by atoms with E-state index in [1.54, 1.807) is 0 Å². The lowest BCUT2D eigenvalue weighted by molar-refractivity contribution is 0.0950. The molecule has 1 aliphatic carbocycles. The van der Waals surface area contributed by atoms with E-state index in [0.29, 0.717) is 18.2 Å². The molecule has 1 saturated carbocycles. The van der Waals surface area contributed by atoms with Crippen LogP contribution in [-0.4, -0.2) is 20.7 Å². The molecule has 2 aromatic carbocycles. The number of hydrogen-bond donors (Lipinski definition) is 1. The number of amides is 1. The summed E-state index contributed by atoms with van der Waals surface area (Å²) in [7, 11) is 0. The van der Waals surface area contributed by atoms with Gasteiger partial charge in [0.05, 0.1) is 29.7 Å². The SMILES string of the molecule is O=C(NCc1cc(-c2ccccn2)n(C2CCCC2)n1)c1ccc(-c2ccccc2)cc1. The molecule has 1 amide bonds. The number of benzene rings is 2. The lowest BCUT2D eigenvalue weighted by atomic mass is 10.0. The van der Waals surface area contributed by atoms with E-state index in [9.17, 15) is 4.79 Å². The quantitative estimate of drug-likeness (QED) is 0.436. The van der Waals surface area contributed by atoms with E-state index in [2.05, 4.69) is 33.2 Å². The number of carbonyl (C=O) groups excluding carboxylic acids is 1. The molecule has 0 bridgehead atoms. The van der Waals surface area contributed by atoms with Crippen LogP contribution >= 0.6 is 0 Å². The van der Waals surface area contributed by atoms with E-state index >= 15 is 0 Å². The largest absolute Gasteiger partial charge is 0.346 e. The molecule has 5 heteroatoms. The molecule has 4 aromatic rings. The fourth-order valence-electron chi connectivity index (χ4n) is 4.38. The first-order chi connectivity index (χ1) is 15.8. The summed E-state index contributed by atoms with van der Waals surface area (Å²) < 4.78 is 2.12. The lowest BCUT2D eigenvalue weighted by Crippen LogP contribution is -2.23. The second-order valence-corrected chi connectivity index (χ2v) is 8.24. The highest BCUT2D eigenvalue weighted by Gasteiger charge is 2.22. The standard InChI is InChI=1S/C27H26N4O/c32-27(22-15-13-21(14-16-22)20-8-2-1-3-9-20)29-19-23-18-26(25-12-6-7-17-28-25)31(30-23)24-10-4-5-11-24/h1-3,6-9,12-18,24H,4-5,10-11,19H2,(H,29,32). The number of hydrogen-bond acceptors (Lipinski definition) is 3. The highest BCUT2D eigenvalue weighted by molar-refractivity contribution is 5.94. The van der Waals surface area contributed by atoms with Crippen molar-refractivity contribution in [2.75, 3.05) is 0 Å². The predicted molar refractivity (Wildman–Crippen MR) is 126 cm³/mol. The Bertz CT molecular complexity index is 1180. The van der Waals surface area contributed by atoms with Crippen LogP contribution in [0.5, 0.6) is 0 Å². The van der Waals surface area contributed by atoms with Gasteiger partial charge in [-0.05, 0) is 54.3 Å². The van der Waals surface area contributed by atoms with E-state index in [1.165, 1.54) is 12.8 Å². The van der Waals surface area contributed by atoms with Crippen LogP contribution in [0.15, 0.2) is 85.1 Å². The summed E-state index contributed by atoms with van der Waals surface area (Å²) in [5.74, 6) is -0.0978. The van der Waals surface area contributed by atoms with Crippen molar-refractivity contribution in [3.05, 3.63) is 96.3 Å². The summed E-state index contributed by atoms with van der Waals surface area (Å²) in [6.07, 6.45) is 6.55. The van der Waals surface area contributed by atoms with Crippen LogP contribution in [0.2, 0.25) is 0 Å². The molecule has 0 unspecified atom stereocenters. The van der Waals surface area contributed by atoms with Crippen LogP contribution in [0.4, 0.5) is 0 Å². The predicted octanol–water partition coefficient (Wildman–Crippen LogP) is 5.66. The Balaban J connectivity index is 1.30. The van der Waals surface area contributed by atoms with Gasteiger partial charge < -0.3 is 5.32 Å². The number of carbonyl (C=O) groups is 1. The maximum atomic E-state index is 12.7. The average Bonchev–Trinajstić information content (AvgIpc) is 3.54. The number of aromatic nitrogens is 3. The van der Waals surface area contributed by atoms with E-state index in [4.69, 9.17) is 5.10 Å². The van der Waals surface area contributed by atoms with Gasteiger partial charge in [-0.15, -0.1) is 0 Å². The van der Waals surface area contributed by atoms with Gasteiger partial charge >= 0.3 is 0 Å². The van der Waals surface area contributed by atoms with Crippen LogP contribution in [0.25, 0.3) is 22.5 Å². The third kappa shape index (κ3) is 4.33. The highest BCUT2D eigenvalue weighted by Crippen LogP contribution is 2.33. The van der Waals surface area contributed by atoms with E-state index in [1.807, 2.05) is 66.9 Å². The normalized spacial score (nSPS) is 13.9. The zero-order valence-corrected chi connectivity index (χ0v) is 17.9. The third-order valence-corrected chi connectivity index (χ3v) is 6.07. The van der Waals surface area contributed by atoms with Crippen LogP contribution in [-0.2, 0) is 6.54 Å². The Labute approximate surface area is 188 Å². The van der Waals surface area contributed by atoms with Crippen molar-refractivity contribution in [2.24, 2.45) is 0 Å². The summed E-state index contributed by atoms with van der Waals surface area (Å²) in [5.41, 5.74) is 5.67. The van der Waals surface area contributed by atoms with Gasteiger partial charge in [0.2, 0.25) is 0 Å². The van der Waals surface area contributed by atoms with Gasteiger partial charge in [-0.2, -0.15) is 5.10 Å². The minimum absolute atomic E-state index is 0.0978. The summed E-state index contributed by atoms with van der Waals surface area (Å²) in [6.45, 7) is 0.388. The number of rotatable bonds is 6. The first-order valence-corrected chi connectivity index (χ1v) is 11.2. The Morgan fingerprint density at radius 3 is 2.34 bits per heavy atom. The van der Waals surface area contributed by atoms with Gasteiger partial charge in [0.15, 0.2) is 0 Å². The van der Waals surface area contributed by atoms with Gasteiger partial charge in [-0.3, -0.25) is 14.5 Å². The Kier molecular flexibility index (Phi) is 5.79. The first kappa shape index (κ1) is 20.2. The van der Waals surface area contributed by atoms with Gasteiger partial charge in [0.25, 0.3) is 5.91 Å². The van der Waals surface area contributed by atoms with Crippen molar-refractivity contribution in [2.45, 2.75) is 38.3 Å². The minimum atomic E-state index is -0.0978. The lowest BCUT2D eigenvalue weighted by Gasteiger charge is -2.13. The molecule has 0 atom stereocenters. The second-order valence-electron chi connectivity index (χ2n) is 8.24. The fourth-order valence-corrected chi connectivity index (χ4v) is 4.38. The number of nitrogens with zero attached hydrogens (tertiary/aromatic N) is 3. The molecule has 0 spiro atoms. The Morgan fingerprint density at radius 2 is 1.62 bits per heavy atom. The maximum Gasteiger partial charge on any atom is 0.251 e. The topological polar surface area (TPSA) is 59.8 Å². The van der Waals surface area contributed by atoms with Crippen LogP contribution < -0.4 is 5.32 Å². The molecule has 1 fully saturated rings. The summed E-state index contributed by atoms with van der Waals surface area (Å²) in [6, 6.07) is 26.3. The summed E-state index contributed by atoms with van der Waals surface area (Å²) in [5, 5.41) is 7.87. The molecule has 5 nitrogen and oxygen atoms in total. The Morgan fingerprint density at radius 1 is 0.906 bits per heavy atom. The van der Waals surface area contributed by atoms with Crippen molar-refractivity contribution < 1.29 is 4.79 Å². The molecule has 0 aliphatic heterocycles. The molecule has 2 aromatic heterocycles. The molecule has 0 saturated heterocycles. The first-order valence-electron chi connectivity index (χ1n) is 11.2. The maximum absolute atomic E-state index is 12.7. The molecule has 1 N–H and O–H groups in total. The second kappa shape index (κ2) is 9.18. The molecule has 32 heavy (non-hydrogen) atoms. The van der Waals surface area contributed by atoms with Crippen molar-refractivity contribution in [1.29, 1.82) is 0 Å². The molecule has 1 aliphatic rings. The van der Waals surface area contributed by atoms with Crippen molar-refractivity contribution in [3.63, 3.8) is 0 Å². The van der Waals surface area contributed by atoms with E-state index in [0.717, 1.165) is 41.1 Å². The number of pyridine rings is 1. The minimum Gasteiger partial charge on any atom is -0.346 e. The summed E-state index contributed by atoms with van der Waals surface area (Å²) in [4.78, 5) is 17.2. The molecule has 0 radical (unpaired) electrons. The van der Waals surface area contributed by atoms with Crippen LogP contribution in [0.1, 0.15) is 47.8 Å². The van der Waals surface area contributed by atoms with E-state index in [-0.39, 0.29) is 5.91 Å². The average molecular weight is 423 g/mol. The van der Waals surface area contributed by atoms with Crippen molar-refractivity contribution in [1.82, 2.24) is 20.1 Å². The van der Waals surface area contributed by atoms with Gasteiger partial charge in [0.1, 0.15) is 0 Å². The molecule has 5 rings (SSSR count).